The van der Waals surface area contributed by atoms with E-state index in [1.165, 1.54) is 16.6 Å². The third-order valence-electron chi connectivity index (χ3n) is 13.7. The van der Waals surface area contributed by atoms with Crippen LogP contribution in [-0.4, -0.2) is 75.9 Å². The predicted octanol–water partition coefficient (Wildman–Crippen LogP) is 8.27. The fourth-order valence-electron chi connectivity index (χ4n) is 10.0. The number of fused-ring (bicyclic) bond motifs is 4. The maximum Gasteiger partial charge on any atom is 0.407 e. The second-order valence-corrected chi connectivity index (χ2v) is 18.9. The van der Waals surface area contributed by atoms with Crippen molar-refractivity contribution in [3.05, 3.63) is 112 Å². The molecule has 3 aromatic carbocycles. The third kappa shape index (κ3) is 10.3. The van der Waals surface area contributed by atoms with Gasteiger partial charge in [0.2, 0.25) is 11.6 Å². The number of carbonyl (C=O) groups is 4. The second kappa shape index (κ2) is 20.8. The number of unbranched alkanes of at least 4 members (excludes halogenated alkanes) is 2. The van der Waals surface area contributed by atoms with Crippen molar-refractivity contribution in [1.29, 1.82) is 0 Å². The van der Waals surface area contributed by atoms with Crippen LogP contribution in [0.1, 0.15) is 108 Å². The number of aryl methyl sites for hydroxylation is 1. The highest BCUT2D eigenvalue weighted by molar-refractivity contribution is 5.95. The molecule has 14 heteroatoms. The highest BCUT2D eigenvalue weighted by Crippen LogP contribution is 2.44. The molecule has 354 valence electrons. The lowest BCUT2D eigenvalue weighted by Crippen LogP contribution is -2.52. The average Bonchev–Trinajstić information content (AvgIpc) is 4.13. The molecule has 1 saturated heterocycles. The summed E-state index contributed by atoms with van der Waals surface area (Å²) in [6.07, 6.45) is 4.09. The molecule has 2 amide bonds. The molecule has 0 spiro atoms. The first kappa shape index (κ1) is 47.4. The molecule has 1 aliphatic heterocycles. The van der Waals surface area contributed by atoms with Gasteiger partial charge in [0.15, 0.2) is 5.78 Å². The van der Waals surface area contributed by atoms with E-state index in [1.54, 1.807) is 20.0 Å². The minimum Gasteiger partial charge on any atom is -0.458 e. The van der Waals surface area contributed by atoms with E-state index in [4.69, 9.17) is 18.6 Å². The number of esters is 1. The second-order valence-electron chi connectivity index (χ2n) is 18.9. The molecule has 3 N–H and O–H groups in total. The van der Waals surface area contributed by atoms with Gasteiger partial charge in [-0.3, -0.25) is 14.2 Å². The number of amides is 2. The van der Waals surface area contributed by atoms with E-state index in [9.17, 15) is 29.1 Å². The summed E-state index contributed by atoms with van der Waals surface area (Å²) in [5.41, 5.74) is 6.01. The van der Waals surface area contributed by atoms with E-state index in [-0.39, 0.29) is 36.4 Å². The first-order chi connectivity index (χ1) is 32.3. The van der Waals surface area contributed by atoms with Crippen molar-refractivity contribution in [1.82, 2.24) is 20.2 Å². The van der Waals surface area contributed by atoms with Crippen LogP contribution in [0.2, 0.25) is 0 Å². The van der Waals surface area contributed by atoms with Crippen LogP contribution < -0.4 is 16.3 Å². The molecule has 5 unspecified atom stereocenters. The molecular weight excluding hydrogens is 853 g/mol. The first-order valence-electron chi connectivity index (χ1n) is 23.9. The zero-order valence-electron chi connectivity index (χ0n) is 38.9. The Morgan fingerprint density at radius 3 is 2.19 bits per heavy atom. The summed E-state index contributed by atoms with van der Waals surface area (Å²) < 4.78 is 25.1. The molecule has 0 radical (unpaired) electrons. The highest BCUT2D eigenvalue weighted by Gasteiger charge is 2.45. The number of benzene rings is 3. The van der Waals surface area contributed by atoms with Crippen molar-refractivity contribution in [3.8, 4) is 22.5 Å². The number of aliphatic hydroxyl groups excluding tert-OH is 1. The molecule has 14 nitrogen and oxygen atoms in total. The van der Waals surface area contributed by atoms with Gasteiger partial charge in [-0.05, 0) is 71.4 Å². The number of ketones is 1. The van der Waals surface area contributed by atoms with Crippen molar-refractivity contribution in [2.24, 2.45) is 23.7 Å². The van der Waals surface area contributed by atoms with Gasteiger partial charge >= 0.3 is 17.8 Å². The number of Topliss-reactive ketones (excluding diaryl/α,β-unsaturated/α-hetero) is 1. The Labute approximate surface area is 390 Å². The molecule has 2 fully saturated rings. The predicted molar refractivity (Wildman–Crippen MR) is 252 cm³/mol. The third-order valence-corrected chi connectivity index (χ3v) is 13.7. The number of hydrogen-bond acceptors (Lipinski definition) is 11. The Morgan fingerprint density at radius 2 is 1.54 bits per heavy atom. The average molecular weight is 915 g/mol. The number of nitrogens with zero attached hydrogens (tertiary/aromatic N) is 2. The largest absolute Gasteiger partial charge is 0.458 e. The zero-order valence-corrected chi connectivity index (χ0v) is 38.9. The molecule has 3 heterocycles. The minimum atomic E-state index is -1.09. The van der Waals surface area contributed by atoms with Crippen molar-refractivity contribution in [2.75, 3.05) is 13.2 Å². The van der Waals surface area contributed by atoms with Crippen molar-refractivity contribution < 1.29 is 42.9 Å². The van der Waals surface area contributed by atoms with Gasteiger partial charge in [0.05, 0.1) is 18.0 Å². The van der Waals surface area contributed by atoms with Gasteiger partial charge in [-0.2, -0.15) is 4.98 Å². The van der Waals surface area contributed by atoms with Gasteiger partial charge in [0.25, 0.3) is 0 Å². The van der Waals surface area contributed by atoms with Crippen LogP contribution in [0.25, 0.3) is 33.6 Å². The fourth-order valence-corrected chi connectivity index (χ4v) is 10.0. The Morgan fingerprint density at radius 1 is 0.866 bits per heavy atom. The molecule has 67 heavy (non-hydrogen) atoms. The zero-order chi connectivity index (χ0) is 47.4. The molecule has 7 atom stereocenters. The summed E-state index contributed by atoms with van der Waals surface area (Å²) in [6, 6.07) is 24.1. The van der Waals surface area contributed by atoms with Gasteiger partial charge in [-0.25, -0.2) is 14.4 Å². The number of ether oxygens (including phenoxy) is 3. The number of carbonyl (C=O) groups excluding carboxylic acids is 4. The van der Waals surface area contributed by atoms with Gasteiger partial charge in [0.1, 0.15) is 36.8 Å². The number of alkyl carbamates (subject to hydrolysis) is 1. The molecule has 0 bridgehead atoms. The van der Waals surface area contributed by atoms with Crippen LogP contribution in [0.3, 0.4) is 0 Å². The number of hydrogen-bond donors (Lipinski definition) is 3. The molecule has 2 aliphatic carbocycles. The number of aliphatic hydroxyl groups is 1. The number of rotatable bonds is 18. The summed E-state index contributed by atoms with van der Waals surface area (Å²) in [5.74, 6) is -3.14. The van der Waals surface area contributed by atoms with E-state index in [0.717, 1.165) is 47.1 Å². The van der Waals surface area contributed by atoms with Crippen LogP contribution in [0, 0.1) is 23.7 Å². The Kier molecular flexibility index (Phi) is 14.7. The van der Waals surface area contributed by atoms with E-state index >= 15 is 0 Å². The SMILES string of the molecule is CCCCCc1ccc(-c2cc3cn([C@H]4CC(OC(=O)C(NC(=O)C5CCCC5C(=O)C(NC(=O)OCC5c6ccccc6-c6ccccc65)C(C)C)C(C)C)[C@@H](CO)O4)c(=O)nc3o2)cc1. The molecular formula is C53H62N4O10. The Hall–Kier alpha value is -6.12. The van der Waals surface area contributed by atoms with Gasteiger partial charge in [-0.1, -0.05) is 127 Å². The van der Waals surface area contributed by atoms with E-state index in [0.29, 0.717) is 30.4 Å². The molecule has 2 aromatic heterocycles. The van der Waals surface area contributed by atoms with E-state index in [1.807, 2.05) is 68.4 Å². The topological polar surface area (TPSA) is 188 Å². The van der Waals surface area contributed by atoms with Crippen LogP contribution in [0.5, 0.6) is 0 Å². The number of furan rings is 1. The summed E-state index contributed by atoms with van der Waals surface area (Å²) >= 11 is 0. The maximum atomic E-state index is 14.2. The normalized spacial score (nSPS) is 21.0. The van der Waals surface area contributed by atoms with Crippen LogP contribution in [0.15, 0.2) is 94.3 Å². The van der Waals surface area contributed by atoms with Crippen molar-refractivity contribution in [2.45, 2.75) is 122 Å². The standard InChI is InChI=1S/C53H62N4O10/c1-6-7-8-14-32-21-23-33(24-22-32)42-25-34-27-57(52(62)56-50(34)66-42)45-26-43(44(28-58)65-45)67-51(61)47(31(4)5)54-49(60)40-20-13-19-39(40)48(59)46(30(2)3)55-53(63)64-29-41-37-17-11-9-15-35(37)36-16-10-12-18-38(36)41/h9-12,15-18,21-25,27,30-31,39-41,43-47,58H,6-8,13-14,19-20,26,28-29H2,1-5H3,(H,54,60)(H,55,63)/t39?,40?,43?,44-,45-,46?,47?/m1/s1. The minimum absolute atomic E-state index is 0.0412. The summed E-state index contributed by atoms with van der Waals surface area (Å²) in [5, 5.41) is 16.6. The van der Waals surface area contributed by atoms with Gasteiger partial charge < -0.3 is 34.4 Å². The van der Waals surface area contributed by atoms with Gasteiger partial charge in [0, 0.05) is 35.9 Å². The summed E-state index contributed by atoms with van der Waals surface area (Å²) in [4.78, 5) is 73.0. The number of aromatic nitrogens is 2. The quantitative estimate of drug-likeness (QED) is 0.0567. The summed E-state index contributed by atoms with van der Waals surface area (Å²) in [7, 11) is 0. The Balaban J connectivity index is 0.881. The molecule has 1 saturated carbocycles. The fraction of sp³-hybridized carbons (Fsp3) is 0.472. The van der Waals surface area contributed by atoms with Gasteiger partial charge in [-0.15, -0.1) is 0 Å². The van der Waals surface area contributed by atoms with E-state index < -0.39 is 78.5 Å². The van der Waals surface area contributed by atoms with E-state index in [2.05, 4.69) is 46.8 Å². The number of nitrogens with one attached hydrogen (secondary N) is 2. The van der Waals surface area contributed by atoms with Crippen molar-refractivity contribution in [3.63, 3.8) is 0 Å². The lowest BCUT2D eigenvalue weighted by Gasteiger charge is -2.29. The van der Waals surface area contributed by atoms with Crippen LogP contribution in [-0.2, 0) is 35.0 Å². The molecule has 3 aliphatic rings. The van der Waals surface area contributed by atoms with Crippen molar-refractivity contribution >= 4 is 34.9 Å². The molecule has 5 aromatic rings. The van der Waals surface area contributed by atoms with Crippen LogP contribution >= 0.6 is 0 Å². The lowest BCUT2D eigenvalue weighted by atomic mass is 9.84. The maximum absolute atomic E-state index is 14.2. The van der Waals surface area contributed by atoms with Crippen LogP contribution in [0.4, 0.5) is 4.79 Å². The Bertz CT molecular complexity index is 2590. The highest BCUT2D eigenvalue weighted by atomic mass is 16.6. The molecule has 8 rings (SSSR count). The monoisotopic (exact) mass is 914 g/mol. The smallest absolute Gasteiger partial charge is 0.407 e. The summed E-state index contributed by atoms with van der Waals surface area (Å²) in [6.45, 7) is 9.01. The lowest BCUT2D eigenvalue weighted by molar-refractivity contribution is -0.158. The first-order valence-corrected chi connectivity index (χ1v) is 23.9.